The monoisotopic (exact) mass is 520 g/mol. The number of sulfonamides is 1. The van der Waals surface area contributed by atoms with E-state index in [2.05, 4.69) is 4.98 Å². The van der Waals surface area contributed by atoms with Gasteiger partial charge in [0.15, 0.2) is 11.5 Å². The van der Waals surface area contributed by atoms with E-state index < -0.39 is 14.9 Å². The molecule has 4 rings (SSSR count). The van der Waals surface area contributed by atoms with Crippen molar-refractivity contribution in [3.05, 3.63) is 58.0 Å². The minimum Gasteiger partial charge on any atom is -0.493 e. The Morgan fingerprint density at radius 2 is 1.89 bits per heavy atom. The Bertz CT molecular complexity index is 1310. The molecule has 1 aromatic heterocycles. The molecule has 1 aliphatic rings. The number of methoxy groups -OCH3 is 2. The third-order valence-electron chi connectivity index (χ3n) is 5.43. The average molecular weight is 521 g/mol. The van der Waals surface area contributed by atoms with Gasteiger partial charge in [-0.05, 0) is 12.1 Å². The summed E-state index contributed by atoms with van der Waals surface area (Å²) in [4.78, 5) is 17.2. The van der Waals surface area contributed by atoms with Gasteiger partial charge in [0.1, 0.15) is 0 Å². The number of benzene rings is 2. The second-order valence-corrected chi connectivity index (χ2v) is 10.3. The Balaban J connectivity index is 1.74. The average Bonchev–Trinajstić information content (AvgIpc) is 3.37. The van der Waals surface area contributed by atoms with Gasteiger partial charge in [0.05, 0.1) is 49.6 Å². The van der Waals surface area contributed by atoms with E-state index in [1.807, 2.05) is 4.90 Å². The van der Waals surface area contributed by atoms with Gasteiger partial charge in [-0.3, -0.25) is 15.0 Å². The molecule has 186 valence electrons. The lowest BCUT2D eigenvalue weighted by atomic mass is 10.1. The van der Waals surface area contributed by atoms with Crippen molar-refractivity contribution in [1.29, 1.82) is 0 Å². The molecule has 1 aliphatic heterocycles. The van der Waals surface area contributed by atoms with Crippen LogP contribution in [0.25, 0.3) is 11.3 Å². The molecule has 3 aromatic rings. The van der Waals surface area contributed by atoms with Crippen molar-refractivity contribution in [2.24, 2.45) is 0 Å². The van der Waals surface area contributed by atoms with Gasteiger partial charge in [-0.2, -0.15) is 0 Å². The highest BCUT2D eigenvalue weighted by Gasteiger charge is 2.31. The minimum absolute atomic E-state index is 0.0236. The van der Waals surface area contributed by atoms with Crippen molar-refractivity contribution >= 4 is 32.2 Å². The van der Waals surface area contributed by atoms with E-state index in [0.717, 1.165) is 11.3 Å². The summed E-state index contributed by atoms with van der Waals surface area (Å²) in [5.74, 6) is 0.699. The van der Waals surface area contributed by atoms with Crippen molar-refractivity contribution < 1.29 is 27.6 Å². The molecule has 11 nitrogen and oxygen atoms in total. The first-order valence-corrected chi connectivity index (χ1v) is 12.9. The maximum atomic E-state index is 13.8. The summed E-state index contributed by atoms with van der Waals surface area (Å²) in [5.41, 5.74) is 0.903. The van der Waals surface area contributed by atoms with Gasteiger partial charge >= 0.3 is 0 Å². The molecule has 2 aromatic carbocycles. The van der Waals surface area contributed by atoms with Gasteiger partial charge in [-0.25, -0.2) is 17.7 Å². The molecule has 1 saturated heterocycles. The lowest BCUT2D eigenvalue weighted by molar-refractivity contribution is -0.384. The molecule has 0 aliphatic carbocycles. The van der Waals surface area contributed by atoms with E-state index in [4.69, 9.17) is 14.2 Å². The van der Waals surface area contributed by atoms with Crippen LogP contribution in [0.15, 0.2) is 52.7 Å². The van der Waals surface area contributed by atoms with E-state index in [0.29, 0.717) is 43.3 Å². The number of anilines is 1. The molecule has 13 heteroatoms. The summed E-state index contributed by atoms with van der Waals surface area (Å²) >= 11 is 1.15. The molecule has 0 N–H and O–H groups in total. The predicted octanol–water partition coefficient (Wildman–Crippen LogP) is 3.22. The number of morpholine rings is 1. The Hall–Kier alpha value is -3.26. The fourth-order valence-corrected chi connectivity index (χ4v) is 6.03. The summed E-state index contributed by atoms with van der Waals surface area (Å²) in [6.45, 7) is 2.21. The molecule has 0 bridgehead atoms. The summed E-state index contributed by atoms with van der Waals surface area (Å²) in [6, 6.07) is 10.5. The zero-order valence-electron chi connectivity index (χ0n) is 19.1. The van der Waals surface area contributed by atoms with Gasteiger partial charge in [-0.15, -0.1) is 11.3 Å². The number of ether oxygens (including phenoxy) is 3. The van der Waals surface area contributed by atoms with E-state index in [-0.39, 0.29) is 28.1 Å². The number of nitrogens with zero attached hydrogens (tertiary/aromatic N) is 4. The topological polar surface area (TPSA) is 124 Å². The van der Waals surface area contributed by atoms with Crippen LogP contribution < -0.4 is 13.8 Å². The van der Waals surface area contributed by atoms with Crippen LogP contribution in [0.5, 0.6) is 11.5 Å². The van der Waals surface area contributed by atoms with Crippen LogP contribution in [0.3, 0.4) is 0 Å². The molecule has 0 radical (unpaired) electrons. The molecule has 0 unspecified atom stereocenters. The Kier molecular flexibility index (Phi) is 7.50. The smallest absolute Gasteiger partial charge is 0.270 e. The Labute approximate surface area is 206 Å². The molecular formula is C22H24N4O7S2. The van der Waals surface area contributed by atoms with Crippen molar-refractivity contribution in [2.75, 3.05) is 51.5 Å². The highest BCUT2D eigenvalue weighted by Crippen LogP contribution is 2.35. The fraction of sp³-hybridized carbons (Fsp3) is 0.318. The molecule has 0 atom stereocenters. The minimum atomic E-state index is -4.05. The van der Waals surface area contributed by atoms with E-state index in [9.17, 15) is 18.5 Å². The maximum Gasteiger partial charge on any atom is 0.270 e. The van der Waals surface area contributed by atoms with Crippen LogP contribution in [0, 0.1) is 10.1 Å². The number of hydrogen-bond acceptors (Lipinski definition) is 10. The number of aromatic nitrogens is 1. The number of rotatable bonds is 9. The third kappa shape index (κ3) is 5.37. The van der Waals surface area contributed by atoms with Crippen LogP contribution >= 0.6 is 11.3 Å². The van der Waals surface area contributed by atoms with Crippen molar-refractivity contribution in [2.45, 2.75) is 4.90 Å². The normalized spacial score (nSPS) is 14.5. The third-order valence-corrected chi connectivity index (χ3v) is 8.13. The van der Waals surface area contributed by atoms with Crippen molar-refractivity contribution in [3.8, 4) is 22.8 Å². The Morgan fingerprint density at radius 3 is 2.57 bits per heavy atom. The van der Waals surface area contributed by atoms with Gasteiger partial charge in [0, 0.05) is 42.2 Å². The van der Waals surface area contributed by atoms with Crippen LogP contribution in [0.4, 0.5) is 10.8 Å². The molecule has 1 fully saturated rings. The lowest BCUT2D eigenvalue weighted by Gasteiger charge is -2.32. The zero-order chi connectivity index (χ0) is 25.0. The molecule has 0 amide bonds. The van der Waals surface area contributed by atoms with E-state index in [1.54, 1.807) is 17.5 Å². The van der Waals surface area contributed by atoms with Crippen molar-refractivity contribution in [1.82, 2.24) is 9.88 Å². The number of hydrogen-bond donors (Lipinski definition) is 0. The zero-order valence-corrected chi connectivity index (χ0v) is 20.8. The van der Waals surface area contributed by atoms with Gasteiger partial charge < -0.3 is 14.2 Å². The molecule has 0 saturated carbocycles. The van der Waals surface area contributed by atoms with E-state index >= 15 is 0 Å². The second kappa shape index (κ2) is 10.6. The number of nitro groups is 1. The highest BCUT2D eigenvalue weighted by molar-refractivity contribution is 7.93. The predicted molar refractivity (Wildman–Crippen MR) is 131 cm³/mol. The van der Waals surface area contributed by atoms with Gasteiger partial charge in [-0.1, -0.05) is 12.1 Å². The van der Waals surface area contributed by atoms with Crippen LogP contribution in [-0.2, 0) is 14.8 Å². The SMILES string of the molecule is COc1ccc(S(=O)(=O)N(CN2CCOCC2)c2nc(-c3cccc([N+](=O)[O-])c3)cs2)cc1OC. The molecular weight excluding hydrogens is 496 g/mol. The second-order valence-electron chi connectivity index (χ2n) is 7.56. The number of non-ortho nitro benzene ring substituents is 1. The largest absolute Gasteiger partial charge is 0.493 e. The first-order chi connectivity index (χ1) is 16.8. The standard InChI is InChI=1S/C22H24N4O7S2/c1-31-20-7-6-18(13-21(20)32-2)35(29,30)25(15-24-8-10-33-11-9-24)22-23-19(14-34-22)16-4-3-5-17(12-16)26(27)28/h3-7,12-14H,8-11,15H2,1-2H3. The Morgan fingerprint density at radius 1 is 1.14 bits per heavy atom. The van der Waals surface area contributed by atoms with Crippen LogP contribution in [-0.4, -0.2) is 70.4 Å². The first-order valence-electron chi connectivity index (χ1n) is 10.6. The quantitative estimate of drug-likeness (QED) is 0.309. The summed E-state index contributed by atoms with van der Waals surface area (Å²) in [6.07, 6.45) is 0. The molecule has 2 heterocycles. The summed E-state index contributed by atoms with van der Waals surface area (Å²) < 4.78 is 44.8. The first kappa shape index (κ1) is 24.9. The van der Waals surface area contributed by atoms with Crippen molar-refractivity contribution in [3.63, 3.8) is 0 Å². The van der Waals surface area contributed by atoms with Gasteiger partial charge in [0.2, 0.25) is 5.13 Å². The van der Waals surface area contributed by atoms with Gasteiger partial charge in [0.25, 0.3) is 15.7 Å². The summed E-state index contributed by atoms with van der Waals surface area (Å²) in [7, 11) is -1.14. The van der Waals surface area contributed by atoms with Crippen LogP contribution in [0.2, 0.25) is 0 Å². The van der Waals surface area contributed by atoms with Crippen LogP contribution in [0.1, 0.15) is 0 Å². The highest BCUT2D eigenvalue weighted by atomic mass is 32.2. The number of thiazole rings is 1. The molecule has 0 spiro atoms. The summed E-state index contributed by atoms with van der Waals surface area (Å²) in [5, 5.41) is 13.1. The number of nitro benzene ring substituents is 1. The molecule has 35 heavy (non-hydrogen) atoms. The van der Waals surface area contributed by atoms with E-state index in [1.165, 1.54) is 48.9 Å². The lowest BCUT2D eigenvalue weighted by Crippen LogP contribution is -2.46. The maximum absolute atomic E-state index is 13.8. The fourth-order valence-electron chi connectivity index (χ4n) is 3.56.